The maximum atomic E-state index is 13.5. The molecule has 6 heteroatoms. The van der Waals surface area contributed by atoms with Gasteiger partial charge in [0, 0.05) is 6.54 Å². The SMILES string of the molecule is O=C(c1cccc2c1OCO2)N1CC(O)CC1c1cccc(F)c1. The maximum absolute atomic E-state index is 13.5. The molecule has 2 atom stereocenters. The van der Waals surface area contributed by atoms with Crippen LogP contribution in [0.3, 0.4) is 0 Å². The molecule has 2 aromatic rings. The number of halogens is 1. The first-order valence-electron chi connectivity index (χ1n) is 7.76. The smallest absolute Gasteiger partial charge is 0.258 e. The molecular formula is C18H16FNO4. The van der Waals surface area contributed by atoms with Gasteiger partial charge in [-0.3, -0.25) is 4.79 Å². The molecule has 0 aliphatic carbocycles. The third kappa shape index (κ3) is 2.49. The lowest BCUT2D eigenvalue weighted by molar-refractivity contribution is 0.0711. The highest BCUT2D eigenvalue weighted by Gasteiger charge is 2.37. The number of para-hydroxylation sites is 1. The van der Waals surface area contributed by atoms with Crippen LogP contribution in [0, 0.1) is 5.82 Å². The summed E-state index contributed by atoms with van der Waals surface area (Å²) in [6.07, 6.45) is -0.266. The predicted octanol–water partition coefficient (Wildman–Crippen LogP) is 2.50. The number of aliphatic hydroxyl groups excluding tert-OH is 1. The standard InChI is InChI=1S/C18H16FNO4/c19-12-4-1-3-11(7-12)15-8-13(21)9-20(15)18(22)14-5-2-6-16-17(14)24-10-23-16/h1-7,13,15,21H,8-10H2. The molecule has 124 valence electrons. The Morgan fingerprint density at radius 2 is 2.04 bits per heavy atom. The molecule has 0 radical (unpaired) electrons. The quantitative estimate of drug-likeness (QED) is 0.920. The van der Waals surface area contributed by atoms with Crippen molar-refractivity contribution in [3.05, 3.63) is 59.4 Å². The summed E-state index contributed by atoms with van der Waals surface area (Å²) in [5.41, 5.74) is 1.06. The minimum atomic E-state index is -0.642. The molecule has 1 saturated heterocycles. The van der Waals surface area contributed by atoms with E-state index < -0.39 is 6.10 Å². The van der Waals surface area contributed by atoms with Crippen LogP contribution in [0.25, 0.3) is 0 Å². The summed E-state index contributed by atoms with van der Waals surface area (Å²) >= 11 is 0. The lowest BCUT2D eigenvalue weighted by Crippen LogP contribution is -2.32. The van der Waals surface area contributed by atoms with Crippen molar-refractivity contribution in [2.75, 3.05) is 13.3 Å². The highest BCUT2D eigenvalue weighted by Crippen LogP contribution is 2.39. The molecule has 0 spiro atoms. The lowest BCUT2D eigenvalue weighted by atomic mass is 10.0. The summed E-state index contributed by atoms with van der Waals surface area (Å²) in [6.45, 7) is 0.278. The number of aliphatic hydroxyl groups is 1. The summed E-state index contributed by atoms with van der Waals surface area (Å²) in [5.74, 6) is 0.326. The topological polar surface area (TPSA) is 59.0 Å². The van der Waals surface area contributed by atoms with Crippen LogP contribution in [0.5, 0.6) is 11.5 Å². The van der Waals surface area contributed by atoms with E-state index in [0.717, 1.165) is 0 Å². The van der Waals surface area contributed by atoms with Gasteiger partial charge in [0.25, 0.3) is 5.91 Å². The van der Waals surface area contributed by atoms with Gasteiger partial charge in [-0.1, -0.05) is 18.2 Å². The zero-order valence-corrected chi connectivity index (χ0v) is 12.8. The Bertz CT molecular complexity index is 794. The maximum Gasteiger partial charge on any atom is 0.258 e. The molecule has 24 heavy (non-hydrogen) atoms. The summed E-state index contributed by atoms with van der Waals surface area (Å²) in [6, 6.07) is 10.9. The van der Waals surface area contributed by atoms with E-state index in [1.807, 2.05) is 0 Å². The number of benzene rings is 2. The largest absolute Gasteiger partial charge is 0.454 e. The van der Waals surface area contributed by atoms with Crippen LogP contribution in [-0.4, -0.2) is 35.4 Å². The van der Waals surface area contributed by atoms with E-state index in [9.17, 15) is 14.3 Å². The number of rotatable bonds is 2. The van der Waals surface area contributed by atoms with Crippen molar-refractivity contribution in [1.29, 1.82) is 0 Å². The number of hydrogen-bond acceptors (Lipinski definition) is 4. The molecule has 2 aliphatic heterocycles. The number of fused-ring (bicyclic) bond motifs is 1. The van der Waals surface area contributed by atoms with Gasteiger partial charge < -0.3 is 19.5 Å². The first-order chi connectivity index (χ1) is 11.6. The fraction of sp³-hybridized carbons (Fsp3) is 0.278. The van der Waals surface area contributed by atoms with Gasteiger partial charge in [0.1, 0.15) is 5.82 Å². The molecular weight excluding hydrogens is 313 g/mol. The van der Waals surface area contributed by atoms with E-state index >= 15 is 0 Å². The van der Waals surface area contributed by atoms with Gasteiger partial charge in [0.2, 0.25) is 6.79 Å². The van der Waals surface area contributed by atoms with E-state index in [4.69, 9.17) is 9.47 Å². The Labute approximate surface area is 138 Å². The molecule has 4 rings (SSSR count). The van der Waals surface area contributed by atoms with Crippen molar-refractivity contribution in [1.82, 2.24) is 4.90 Å². The molecule has 0 saturated carbocycles. The Morgan fingerprint density at radius 3 is 2.88 bits per heavy atom. The van der Waals surface area contributed by atoms with Crippen molar-refractivity contribution in [3.63, 3.8) is 0 Å². The number of β-amino-alcohol motifs (C(OH)–C–C–N with tert-alkyl or cyclic N) is 1. The highest BCUT2D eigenvalue weighted by molar-refractivity contribution is 5.98. The molecule has 2 heterocycles. The zero-order valence-electron chi connectivity index (χ0n) is 12.8. The van der Waals surface area contributed by atoms with Crippen LogP contribution in [-0.2, 0) is 0 Å². The van der Waals surface area contributed by atoms with E-state index in [0.29, 0.717) is 29.0 Å². The van der Waals surface area contributed by atoms with Gasteiger partial charge in [-0.25, -0.2) is 4.39 Å². The number of nitrogens with zero attached hydrogens (tertiary/aromatic N) is 1. The third-order valence-electron chi connectivity index (χ3n) is 4.40. The summed E-state index contributed by atoms with van der Waals surface area (Å²) in [7, 11) is 0. The molecule has 0 bridgehead atoms. The first kappa shape index (κ1) is 15.0. The monoisotopic (exact) mass is 329 g/mol. The average molecular weight is 329 g/mol. The zero-order chi connectivity index (χ0) is 16.7. The first-order valence-corrected chi connectivity index (χ1v) is 7.76. The van der Waals surface area contributed by atoms with Gasteiger partial charge in [0.15, 0.2) is 11.5 Å². The van der Waals surface area contributed by atoms with E-state index in [-0.39, 0.29) is 31.1 Å². The van der Waals surface area contributed by atoms with Crippen LogP contribution in [0.2, 0.25) is 0 Å². The Hall–Kier alpha value is -2.60. The molecule has 2 aromatic carbocycles. The van der Waals surface area contributed by atoms with Gasteiger partial charge in [-0.2, -0.15) is 0 Å². The molecule has 2 aliphatic rings. The minimum Gasteiger partial charge on any atom is -0.454 e. The number of amides is 1. The normalized spacial score (nSPS) is 22.0. The second-order valence-corrected chi connectivity index (χ2v) is 5.96. The van der Waals surface area contributed by atoms with Gasteiger partial charge >= 0.3 is 0 Å². The van der Waals surface area contributed by atoms with Crippen LogP contribution in [0.4, 0.5) is 4.39 Å². The minimum absolute atomic E-state index is 0.0789. The van der Waals surface area contributed by atoms with Crippen molar-refractivity contribution in [2.45, 2.75) is 18.6 Å². The van der Waals surface area contributed by atoms with Crippen LogP contribution in [0.15, 0.2) is 42.5 Å². The Balaban J connectivity index is 1.69. The number of likely N-dealkylation sites (tertiary alicyclic amines) is 1. The van der Waals surface area contributed by atoms with Crippen molar-refractivity contribution < 1.29 is 23.8 Å². The van der Waals surface area contributed by atoms with Crippen molar-refractivity contribution >= 4 is 5.91 Å². The van der Waals surface area contributed by atoms with Crippen LogP contribution in [0.1, 0.15) is 28.4 Å². The number of carbonyl (C=O) groups is 1. The average Bonchev–Trinajstić information content (AvgIpc) is 3.20. The summed E-state index contributed by atoms with van der Waals surface area (Å²) in [5, 5.41) is 10.0. The van der Waals surface area contributed by atoms with Crippen LogP contribution < -0.4 is 9.47 Å². The number of hydrogen-bond donors (Lipinski definition) is 1. The molecule has 1 amide bonds. The lowest BCUT2D eigenvalue weighted by Gasteiger charge is -2.25. The summed E-state index contributed by atoms with van der Waals surface area (Å²) in [4.78, 5) is 14.6. The van der Waals surface area contributed by atoms with Gasteiger partial charge in [-0.15, -0.1) is 0 Å². The van der Waals surface area contributed by atoms with Gasteiger partial charge in [0.05, 0.1) is 17.7 Å². The van der Waals surface area contributed by atoms with E-state index in [2.05, 4.69) is 0 Å². The third-order valence-corrected chi connectivity index (χ3v) is 4.40. The van der Waals surface area contributed by atoms with E-state index in [1.165, 1.54) is 12.1 Å². The summed E-state index contributed by atoms with van der Waals surface area (Å²) < 4.78 is 24.3. The molecule has 0 aromatic heterocycles. The number of ether oxygens (including phenoxy) is 2. The second-order valence-electron chi connectivity index (χ2n) is 5.96. The van der Waals surface area contributed by atoms with Gasteiger partial charge in [-0.05, 0) is 36.2 Å². The van der Waals surface area contributed by atoms with Crippen LogP contribution >= 0.6 is 0 Å². The predicted molar refractivity (Wildman–Crippen MR) is 83.4 cm³/mol. The van der Waals surface area contributed by atoms with Crippen molar-refractivity contribution in [3.8, 4) is 11.5 Å². The second kappa shape index (κ2) is 5.79. The fourth-order valence-electron chi connectivity index (χ4n) is 3.32. The molecule has 2 unspecified atom stereocenters. The molecule has 1 N–H and O–H groups in total. The fourth-order valence-corrected chi connectivity index (χ4v) is 3.32. The number of carbonyl (C=O) groups excluding carboxylic acids is 1. The Morgan fingerprint density at radius 1 is 1.21 bits per heavy atom. The molecule has 1 fully saturated rings. The van der Waals surface area contributed by atoms with E-state index in [1.54, 1.807) is 35.2 Å². The van der Waals surface area contributed by atoms with Crippen molar-refractivity contribution in [2.24, 2.45) is 0 Å². The Kier molecular flexibility index (Phi) is 3.61. The highest BCUT2D eigenvalue weighted by atomic mass is 19.1. The molecule has 5 nitrogen and oxygen atoms in total.